The van der Waals surface area contributed by atoms with Gasteiger partial charge in [0.15, 0.2) is 12.9 Å². The van der Waals surface area contributed by atoms with Crippen molar-refractivity contribution in [2.75, 3.05) is 25.0 Å². The van der Waals surface area contributed by atoms with Crippen molar-refractivity contribution >= 4 is 47.0 Å². The minimum Gasteiger partial charge on any atom is -0.483 e. The molecule has 2 rings (SSSR count). The van der Waals surface area contributed by atoms with Crippen LogP contribution in [0, 0.1) is 0 Å². The highest BCUT2D eigenvalue weighted by molar-refractivity contribution is 6.36. The summed E-state index contributed by atoms with van der Waals surface area (Å²) in [5, 5.41) is 3.43. The lowest BCUT2D eigenvalue weighted by atomic mass is 10.2. The maximum atomic E-state index is 12.5. The molecule has 0 aromatic heterocycles. The standard InChI is InChI=1S/C20H20Cl2N2O4/c1-2-9-24(11-19(26)23-17-8-7-15(21)10-16(17)22)20(27)13-28-18-6-4-3-5-14(18)12-25/h3-8,10,12H,2,9,11,13H2,1H3,(H,23,26). The second-order valence-corrected chi connectivity index (χ2v) is 6.78. The van der Waals surface area contributed by atoms with Crippen LogP contribution in [0.1, 0.15) is 23.7 Å². The van der Waals surface area contributed by atoms with Crippen molar-refractivity contribution in [3.63, 3.8) is 0 Å². The maximum Gasteiger partial charge on any atom is 0.260 e. The van der Waals surface area contributed by atoms with Gasteiger partial charge in [-0.1, -0.05) is 42.3 Å². The van der Waals surface area contributed by atoms with E-state index in [0.717, 1.165) is 0 Å². The maximum absolute atomic E-state index is 12.5. The summed E-state index contributed by atoms with van der Waals surface area (Å²) in [6.45, 7) is 1.86. The molecule has 28 heavy (non-hydrogen) atoms. The summed E-state index contributed by atoms with van der Waals surface area (Å²) >= 11 is 11.9. The summed E-state index contributed by atoms with van der Waals surface area (Å²) in [4.78, 5) is 37.2. The molecule has 0 atom stereocenters. The van der Waals surface area contributed by atoms with Crippen LogP contribution < -0.4 is 10.1 Å². The monoisotopic (exact) mass is 422 g/mol. The van der Waals surface area contributed by atoms with Crippen LogP contribution in [0.2, 0.25) is 10.0 Å². The zero-order chi connectivity index (χ0) is 20.5. The lowest BCUT2D eigenvalue weighted by molar-refractivity contribution is -0.136. The first-order valence-corrected chi connectivity index (χ1v) is 9.39. The Balaban J connectivity index is 1.98. The third-order valence-electron chi connectivity index (χ3n) is 3.78. The number of carbonyl (C=O) groups is 3. The van der Waals surface area contributed by atoms with Gasteiger partial charge in [0.05, 0.1) is 22.8 Å². The van der Waals surface area contributed by atoms with Gasteiger partial charge in [0.2, 0.25) is 5.91 Å². The van der Waals surface area contributed by atoms with Crippen molar-refractivity contribution in [1.82, 2.24) is 4.90 Å². The number of hydrogen-bond donors (Lipinski definition) is 1. The zero-order valence-corrected chi connectivity index (χ0v) is 16.8. The number of anilines is 1. The number of benzene rings is 2. The van der Waals surface area contributed by atoms with E-state index in [1.165, 1.54) is 11.0 Å². The molecule has 2 aromatic carbocycles. The molecule has 1 N–H and O–H groups in total. The normalized spacial score (nSPS) is 10.2. The molecule has 0 aliphatic carbocycles. The van der Waals surface area contributed by atoms with Crippen LogP contribution in [0.3, 0.4) is 0 Å². The summed E-state index contributed by atoms with van der Waals surface area (Å²) in [7, 11) is 0. The molecule has 0 aliphatic rings. The molecule has 0 aliphatic heterocycles. The van der Waals surface area contributed by atoms with Gasteiger partial charge in [0.25, 0.3) is 5.91 Å². The second kappa shape index (κ2) is 10.7. The highest BCUT2D eigenvalue weighted by Crippen LogP contribution is 2.25. The van der Waals surface area contributed by atoms with Crippen molar-refractivity contribution in [3.05, 3.63) is 58.1 Å². The number of aldehydes is 1. The first kappa shape index (κ1) is 21.7. The molecule has 0 fully saturated rings. The number of nitrogens with one attached hydrogen (secondary N) is 1. The van der Waals surface area contributed by atoms with Crippen LogP contribution in [-0.2, 0) is 9.59 Å². The Morgan fingerprint density at radius 3 is 2.61 bits per heavy atom. The summed E-state index contributed by atoms with van der Waals surface area (Å²) < 4.78 is 5.46. The molecule has 0 saturated carbocycles. The van der Waals surface area contributed by atoms with Gasteiger partial charge < -0.3 is 15.0 Å². The second-order valence-electron chi connectivity index (χ2n) is 5.93. The largest absolute Gasteiger partial charge is 0.483 e. The van der Waals surface area contributed by atoms with Crippen LogP contribution in [0.5, 0.6) is 5.75 Å². The van der Waals surface area contributed by atoms with Crippen molar-refractivity contribution in [1.29, 1.82) is 0 Å². The Labute approximate surface area is 173 Å². The molecule has 0 saturated heterocycles. The van der Waals surface area contributed by atoms with E-state index in [1.54, 1.807) is 36.4 Å². The number of para-hydroxylation sites is 1. The average Bonchev–Trinajstić information content (AvgIpc) is 2.68. The Hall–Kier alpha value is -2.57. The molecule has 148 valence electrons. The third kappa shape index (κ3) is 6.25. The highest BCUT2D eigenvalue weighted by atomic mass is 35.5. The summed E-state index contributed by atoms with van der Waals surface area (Å²) in [5.74, 6) is -0.432. The lowest BCUT2D eigenvalue weighted by Gasteiger charge is -2.22. The fourth-order valence-electron chi connectivity index (χ4n) is 2.46. The Morgan fingerprint density at radius 2 is 1.93 bits per heavy atom. The number of halogens is 2. The fourth-order valence-corrected chi connectivity index (χ4v) is 2.91. The number of amides is 2. The van der Waals surface area contributed by atoms with Gasteiger partial charge in [-0.2, -0.15) is 0 Å². The first-order chi connectivity index (χ1) is 13.4. The molecule has 8 heteroatoms. The Morgan fingerprint density at radius 1 is 1.18 bits per heavy atom. The van der Waals surface area contributed by atoms with Crippen molar-refractivity contribution in [2.24, 2.45) is 0 Å². The SMILES string of the molecule is CCCN(CC(=O)Nc1ccc(Cl)cc1Cl)C(=O)COc1ccccc1C=O. The Bertz CT molecular complexity index is 858. The fraction of sp³-hybridized carbons (Fsp3) is 0.250. The predicted molar refractivity (Wildman–Crippen MR) is 109 cm³/mol. The average molecular weight is 423 g/mol. The molecule has 0 spiro atoms. The van der Waals surface area contributed by atoms with E-state index in [1.807, 2.05) is 6.92 Å². The van der Waals surface area contributed by atoms with Crippen molar-refractivity contribution < 1.29 is 19.1 Å². The summed E-state index contributed by atoms with van der Waals surface area (Å²) in [6.07, 6.45) is 1.33. The molecule has 0 radical (unpaired) electrons. The first-order valence-electron chi connectivity index (χ1n) is 8.64. The van der Waals surface area contributed by atoms with E-state index in [2.05, 4.69) is 5.32 Å². The molecule has 2 aromatic rings. The third-order valence-corrected chi connectivity index (χ3v) is 4.33. The minimum absolute atomic E-state index is 0.148. The zero-order valence-electron chi connectivity index (χ0n) is 15.3. The molecule has 0 bridgehead atoms. The summed E-state index contributed by atoms with van der Waals surface area (Å²) in [5.41, 5.74) is 0.767. The number of hydrogen-bond acceptors (Lipinski definition) is 4. The van der Waals surface area contributed by atoms with Gasteiger partial charge in [-0.05, 0) is 36.8 Å². The summed E-state index contributed by atoms with van der Waals surface area (Å²) in [6, 6.07) is 11.3. The van der Waals surface area contributed by atoms with E-state index >= 15 is 0 Å². The smallest absolute Gasteiger partial charge is 0.260 e. The Kier molecular flexibility index (Phi) is 8.29. The molecule has 2 amide bonds. The van der Waals surface area contributed by atoms with E-state index in [0.29, 0.717) is 46.3 Å². The van der Waals surface area contributed by atoms with Crippen LogP contribution >= 0.6 is 23.2 Å². The number of rotatable bonds is 9. The van der Waals surface area contributed by atoms with Crippen LogP contribution in [0.15, 0.2) is 42.5 Å². The van der Waals surface area contributed by atoms with Gasteiger partial charge >= 0.3 is 0 Å². The molecule has 6 nitrogen and oxygen atoms in total. The van der Waals surface area contributed by atoms with Gasteiger partial charge in [-0.25, -0.2) is 0 Å². The van der Waals surface area contributed by atoms with E-state index in [4.69, 9.17) is 27.9 Å². The van der Waals surface area contributed by atoms with Gasteiger partial charge in [-0.15, -0.1) is 0 Å². The van der Waals surface area contributed by atoms with Gasteiger partial charge in [-0.3, -0.25) is 14.4 Å². The van der Waals surface area contributed by atoms with Crippen LogP contribution in [-0.4, -0.2) is 42.7 Å². The topological polar surface area (TPSA) is 75.7 Å². The van der Waals surface area contributed by atoms with E-state index in [-0.39, 0.29) is 25.0 Å². The minimum atomic E-state index is -0.390. The van der Waals surface area contributed by atoms with Gasteiger partial charge in [0.1, 0.15) is 5.75 Å². The molecular formula is C20H20Cl2N2O4. The highest BCUT2D eigenvalue weighted by Gasteiger charge is 2.18. The molecular weight excluding hydrogens is 403 g/mol. The number of nitrogens with zero attached hydrogens (tertiary/aromatic N) is 1. The van der Waals surface area contributed by atoms with Crippen LogP contribution in [0.25, 0.3) is 0 Å². The van der Waals surface area contributed by atoms with E-state index < -0.39 is 0 Å². The lowest BCUT2D eigenvalue weighted by Crippen LogP contribution is -2.41. The van der Waals surface area contributed by atoms with Crippen molar-refractivity contribution in [2.45, 2.75) is 13.3 Å². The number of carbonyl (C=O) groups excluding carboxylic acids is 3. The molecule has 0 heterocycles. The number of ether oxygens (including phenoxy) is 1. The van der Waals surface area contributed by atoms with Gasteiger partial charge in [0, 0.05) is 11.6 Å². The van der Waals surface area contributed by atoms with Crippen LogP contribution in [0.4, 0.5) is 5.69 Å². The quantitative estimate of drug-likeness (QED) is 0.618. The van der Waals surface area contributed by atoms with E-state index in [9.17, 15) is 14.4 Å². The molecule has 0 unspecified atom stereocenters. The predicted octanol–water partition coefficient (Wildman–Crippen LogP) is 4.06. The van der Waals surface area contributed by atoms with Crippen molar-refractivity contribution in [3.8, 4) is 5.75 Å².